The molecular formula is C14H14N4O. The number of nitrogens with one attached hydrogen (secondary N) is 1. The Labute approximate surface area is 110 Å². The van der Waals surface area contributed by atoms with Crippen LogP contribution in [0.15, 0.2) is 40.8 Å². The maximum Gasteiger partial charge on any atom is 0.296 e. The molecule has 0 fully saturated rings. The van der Waals surface area contributed by atoms with Crippen LogP contribution in [0.3, 0.4) is 0 Å². The number of nitrogen functional groups attached to an aromatic ring is 1. The second-order valence-corrected chi connectivity index (χ2v) is 4.34. The Kier molecular flexibility index (Phi) is 2.79. The number of nitrogens with zero attached hydrogens (tertiary/aromatic N) is 2. The molecule has 0 aliphatic rings. The molecule has 0 spiro atoms. The van der Waals surface area contributed by atoms with Crippen LogP contribution in [0.25, 0.3) is 11.1 Å². The lowest BCUT2D eigenvalue weighted by atomic mass is 10.3. The van der Waals surface area contributed by atoms with Gasteiger partial charge in [-0.3, -0.25) is 4.98 Å². The lowest BCUT2D eigenvalue weighted by molar-refractivity contribution is 0.613. The molecule has 3 rings (SSSR count). The van der Waals surface area contributed by atoms with E-state index in [1.54, 1.807) is 6.07 Å². The molecule has 0 bridgehead atoms. The second-order valence-electron chi connectivity index (χ2n) is 4.34. The van der Waals surface area contributed by atoms with Crippen LogP contribution in [0.1, 0.15) is 11.4 Å². The average Bonchev–Trinajstić information content (AvgIpc) is 2.81. The van der Waals surface area contributed by atoms with Crippen LogP contribution in [0.4, 0.5) is 11.7 Å². The molecule has 0 radical (unpaired) electrons. The van der Waals surface area contributed by atoms with Crippen molar-refractivity contribution in [1.29, 1.82) is 0 Å². The van der Waals surface area contributed by atoms with Crippen LogP contribution in [0.2, 0.25) is 0 Å². The first-order valence-corrected chi connectivity index (χ1v) is 6.04. The Balaban J connectivity index is 1.80. The van der Waals surface area contributed by atoms with Crippen molar-refractivity contribution in [3.8, 4) is 0 Å². The van der Waals surface area contributed by atoms with Gasteiger partial charge in [-0.1, -0.05) is 12.1 Å². The summed E-state index contributed by atoms with van der Waals surface area (Å²) in [4.78, 5) is 8.72. The number of hydrogen-bond acceptors (Lipinski definition) is 5. The van der Waals surface area contributed by atoms with Crippen molar-refractivity contribution in [2.45, 2.75) is 13.5 Å². The standard InChI is InChI=1S/C14H14N4O/c1-9-4-2-5-10(17-9)8-16-14-18-13-11(15)6-3-7-12(13)19-14/h2-7H,8,15H2,1H3,(H,16,18). The van der Waals surface area contributed by atoms with Crippen molar-refractivity contribution < 1.29 is 4.42 Å². The lowest BCUT2D eigenvalue weighted by Crippen LogP contribution is -2.02. The van der Waals surface area contributed by atoms with E-state index in [9.17, 15) is 0 Å². The van der Waals surface area contributed by atoms with Gasteiger partial charge in [-0.15, -0.1) is 0 Å². The molecule has 0 saturated carbocycles. The highest BCUT2D eigenvalue weighted by Gasteiger charge is 2.07. The van der Waals surface area contributed by atoms with Crippen LogP contribution >= 0.6 is 0 Å². The van der Waals surface area contributed by atoms with Gasteiger partial charge in [0, 0.05) is 5.69 Å². The molecule has 0 unspecified atom stereocenters. The van der Waals surface area contributed by atoms with Crippen molar-refractivity contribution in [1.82, 2.24) is 9.97 Å². The van der Waals surface area contributed by atoms with Crippen LogP contribution in [0.5, 0.6) is 0 Å². The molecule has 5 nitrogen and oxygen atoms in total. The second kappa shape index (κ2) is 4.61. The van der Waals surface area contributed by atoms with Gasteiger partial charge >= 0.3 is 0 Å². The summed E-state index contributed by atoms with van der Waals surface area (Å²) in [6, 6.07) is 11.8. The van der Waals surface area contributed by atoms with Gasteiger partial charge in [0.05, 0.1) is 17.9 Å². The summed E-state index contributed by atoms with van der Waals surface area (Å²) in [6.45, 7) is 2.53. The van der Waals surface area contributed by atoms with Gasteiger partial charge in [-0.25, -0.2) is 0 Å². The van der Waals surface area contributed by atoms with E-state index in [1.807, 2.05) is 37.3 Å². The van der Waals surface area contributed by atoms with E-state index in [0.29, 0.717) is 29.3 Å². The van der Waals surface area contributed by atoms with E-state index in [0.717, 1.165) is 11.4 Å². The Morgan fingerprint density at radius 2 is 2.00 bits per heavy atom. The lowest BCUT2D eigenvalue weighted by Gasteiger charge is -2.01. The summed E-state index contributed by atoms with van der Waals surface area (Å²) in [5.41, 5.74) is 9.74. The van der Waals surface area contributed by atoms with Gasteiger partial charge in [-0.2, -0.15) is 4.98 Å². The van der Waals surface area contributed by atoms with Gasteiger partial charge < -0.3 is 15.5 Å². The van der Waals surface area contributed by atoms with Crippen LogP contribution in [0, 0.1) is 6.92 Å². The number of hydrogen-bond donors (Lipinski definition) is 2. The van der Waals surface area contributed by atoms with E-state index in [1.165, 1.54) is 0 Å². The number of rotatable bonds is 3. The van der Waals surface area contributed by atoms with Gasteiger partial charge in [0.1, 0.15) is 5.52 Å². The molecule has 1 aromatic carbocycles. The minimum Gasteiger partial charge on any atom is -0.423 e. The molecule has 2 aromatic heterocycles. The first kappa shape index (κ1) is 11.5. The molecule has 3 aromatic rings. The van der Waals surface area contributed by atoms with Crippen molar-refractivity contribution in [3.63, 3.8) is 0 Å². The number of oxazole rings is 1. The predicted octanol–water partition coefficient (Wildman–Crippen LogP) is 2.73. The number of benzene rings is 1. The Morgan fingerprint density at radius 1 is 1.16 bits per heavy atom. The molecule has 0 atom stereocenters. The highest BCUT2D eigenvalue weighted by molar-refractivity contribution is 5.86. The fourth-order valence-corrected chi connectivity index (χ4v) is 1.91. The van der Waals surface area contributed by atoms with Crippen LogP contribution in [-0.2, 0) is 6.54 Å². The third kappa shape index (κ3) is 2.35. The summed E-state index contributed by atoms with van der Waals surface area (Å²) >= 11 is 0. The summed E-state index contributed by atoms with van der Waals surface area (Å²) in [7, 11) is 0. The summed E-state index contributed by atoms with van der Waals surface area (Å²) in [5, 5.41) is 3.11. The zero-order valence-electron chi connectivity index (χ0n) is 10.6. The summed E-state index contributed by atoms with van der Waals surface area (Å²) in [6.07, 6.45) is 0. The fraction of sp³-hybridized carbons (Fsp3) is 0.143. The van der Waals surface area contributed by atoms with E-state index >= 15 is 0 Å². The van der Waals surface area contributed by atoms with E-state index < -0.39 is 0 Å². The first-order chi connectivity index (χ1) is 9.22. The number of para-hydroxylation sites is 1. The largest absolute Gasteiger partial charge is 0.423 e. The molecule has 19 heavy (non-hydrogen) atoms. The molecular weight excluding hydrogens is 240 g/mol. The third-order valence-electron chi connectivity index (χ3n) is 2.82. The molecule has 5 heteroatoms. The van der Waals surface area contributed by atoms with E-state index in [4.69, 9.17) is 10.2 Å². The normalized spacial score (nSPS) is 10.8. The minimum absolute atomic E-state index is 0.455. The van der Waals surface area contributed by atoms with Crippen molar-refractivity contribution >= 4 is 22.8 Å². The van der Waals surface area contributed by atoms with Gasteiger partial charge in [0.2, 0.25) is 0 Å². The van der Waals surface area contributed by atoms with Gasteiger partial charge in [0.25, 0.3) is 6.01 Å². The zero-order chi connectivity index (χ0) is 13.2. The van der Waals surface area contributed by atoms with Gasteiger partial charge in [-0.05, 0) is 31.2 Å². The fourth-order valence-electron chi connectivity index (χ4n) is 1.91. The first-order valence-electron chi connectivity index (χ1n) is 6.04. The van der Waals surface area contributed by atoms with Crippen LogP contribution in [-0.4, -0.2) is 9.97 Å². The van der Waals surface area contributed by atoms with E-state index in [-0.39, 0.29) is 0 Å². The quantitative estimate of drug-likeness (QED) is 0.703. The zero-order valence-corrected chi connectivity index (χ0v) is 10.6. The molecule has 0 aliphatic carbocycles. The van der Waals surface area contributed by atoms with Gasteiger partial charge in [0.15, 0.2) is 5.58 Å². The predicted molar refractivity (Wildman–Crippen MR) is 74.7 cm³/mol. The molecule has 0 aliphatic heterocycles. The van der Waals surface area contributed by atoms with Crippen LogP contribution < -0.4 is 11.1 Å². The number of nitrogens with two attached hydrogens (primary N) is 1. The summed E-state index contributed by atoms with van der Waals surface area (Å²) < 4.78 is 5.57. The van der Waals surface area contributed by atoms with Crippen molar-refractivity contribution in [2.75, 3.05) is 11.1 Å². The molecule has 2 heterocycles. The third-order valence-corrected chi connectivity index (χ3v) is 2.82. The number of fused-ring (bicyclic) bond motifs is 1. The van der Waals surface area contributed by atoms with E-state index in [2.05, 4.69) is 15.3 Å². The SMILES string of the molecule is Cc1cccc(CNc2nc3c(N)cccc3o2)n1. The summed E-state index contributed by atoms with van der Waals surface area (Å²) in [5.74, 6) is 0. The molecule has 0 amide bonds. The number of aromatic nitrogens is 2. The van der Waals surface area contributed by atoms with Crippen molar-refractivity contribution in [3.05, 3.63) is 47.8 Å². The topological polar surface area (TPSA) is 77.0 Å². The molecule has 96 valence electrons. The number of pyridine rings is 1. The number of aryl methyl sites for hydroxylation is 1. The maximum absolute atomic E-state index is 5.83. The number of anilines is 2. The molecule has 3 N–H and O–H groups in total. The van der Waals surface area contributed by atoms with Crippen molar-refractivity contribution in [2.24, 2.45) is 0 Å². The Hall–Kier alpha value is -2.56. The molecule has 0 saturated heterocycles. The maximum atomic E-state index is 5.83. The monoisotopic (exact) mass is 254 g/mol. The Morgan fingerprint density at radius 3 is 2.79 bits per heavy atom. The average molecular weight is 254 g/mol. The highest BCUT2D eigenvalue weighted by Crippen LogP contribution is 2.23. The minimum atomic E-state index is 0.455. The Bertz CT molecular complexity index is 720. The smallest absolute Gasteiger partial charge is 0.296 e. The highest BCUT2D eigenvalue weighted by atomic mass is 16.4.